The minimum Gasteiger partial charge on any atom is -0.480 e. The first-order valence-electron chi connectivity index (χ1n) is 7.09. The van der Waals surface area contributed by atoms with E-state index in [1.807, 2.05) is 4.98 Å². The molecule has 0 aliphatic heterocycles. The maximum atomic E-state index is 12.6. The van der Waals surface area contributed by atoms with Crippen LogP contribution in [0.4, 0.5) is 19.0 Å². The summed E-state index contributed by atoms with van der Waals surface area (Å²) in [5.41, 5.74) is -1.84. The highest BCUT2D eigenvalue weighted by Gasteiger charge is 2.30. The van der Waals surface area contributed by atoms with E-state index in [9.17, 15) is 23.1 Å². The number of nitrogens with one attached hydrogen (secondary N) is 3. The van der Waals surface area contributed by atoms with Gasteiger partial charge in [0.15, 0.2) is 0 Å². The molecule has 0 amide bonds. The first kappa shape index (κ1) is 18.5. The molecule has 2 aromatic rings. The van der Waals surface area contributed by atoms with Gasteiger partial charge < -0.3 is 20.9 Å². The number of aromatic nitrogens is 2. The Morgan fingerprint density at radius 3 is 2.48 bits per heavy atom. The van der Waals surface area contributed by atoms with Gasteiger partial charge >= 0.3 is 6.18 Å². The van der Waals surface area contributed by atoms with Crippen LogP contribution in [0.3, 0.4) is 0 Å². The van der Waals surface area contributed by atoms with Crippen molar-refractivity contribution in [2.24, 2.45) is 0 Å². The van der Waals surface area contributed by atoms with Crippen molar-refractivity contribution in [1.29, 1.82) is 5.41 Å². The molecule has 1 heterocycles. The molecule has 0 aliphatic rings. The Bertz CT molecular complexity index is 831. The Morgan fingerprint density at radius 1 is 1.36 bits per heavy atom. The molecule has 0 aliphatic carbocycles. The van der Waals surface area contributed by atoms with Crippen LogP contribution in [0.5, 0.6) is 6.01 Å². The molecule has 1 unspecified atom stereocenters. The predicted molar refractivity (Wildman–Crippen MR) is 83.9 cm³/mol. The van der Waals surface area contributed by atoms with Crippen LogP contribution in [-0.4, -0.2) is 32.5 Å². The van der Waals surface area contributed by atoms with Gasteiger partial charge in [0.1, 0.15) is 11.4 Å². The molecule has 0 radical (unpaired) electrons. The lowest BCUT2D eigenvalue weighted by molar-refractivity contribution is -0.137. The van der Waals surface area contributed by atoms with Gasteiger partial charge in [-0.05, 0) is 24.6 Å². The minimum atomic E-state index is -4.45. The molecular weight excluding hydrogens is 341 g/mol. The molecule has 1 aromatic carbocycles. The van der Waals surface area contributed by atoms with Gasteiger partial charge in [-0.3, -0.25) is 9.78 Å². The molecule has 0 saturated carbocycles. The summed E-state index contributed by atoms with van der Waals surface area (Å²) in [7, 11) is 0. The fraction of sp³-hybridized carbons (Fsp3) is 0.267. The second kappa shape index (κ2) is 6.93. The van der Waals surface area contributed by atoms with Gasteiger partial charge in [0.2, 0.25) is 0 Å². The molecule has 134 valence electrons. The van der Waals surface area contributed by atoms with Gasteiger partial charge in [0.25, 0.3) is 11.6 Å². The predicted octanol–water partition coefficient (Wildman–Crippen LogP) is 2.03. The summed E-state index contributed by atoms with van der Waals surface area (Å²) in [4.78, 5) is 17.5. The van der Waals surface area contributed by atoms with Crippen molar-refractivity contribution in [1.82, 2.24) is 9.97 Å². The first-order chi connectivity index (χ1) is 11.6. The topological polar surface area (TPSA) is 122 Å². The van der Waals surface area contributed by atoms with E-state index < -0.39 is 41.7 Å². The molecule has 25 heavy (non-hydrogen) atoms. The third kappa shape index (κ3) is 4.15. The smallest absolute Gasteiger partial charge is 0.416 e. The molecule has 0 spiro atoms. The number of hydrogen-bond donors (Lipinski definition) is 5. The van der Waals surface area contributed by atoms with Crippen LogP contribution < -0.4 is 10.9 Å². The third-order valence-corrected chi connectivity index (χ3v) is 3.46. The zero-order chi connectivity index (χ0) is 18.8. The van der Waals surface area contributed by atoms with Gasteiger partial charge in [-0.2, -0.15) is 18.2 Å². The number of aliphatic hydroxyl groups is 1. The fourth-order valence-electron chi connectivity index (χ4n) is 2.17. The Labute approximate surface area is 139 Å². The highest BCUT2D eigenvalue weighted by atomic mass is 19.4. The van der Waals surface area contributed by atoms with Gasteiger partial charge in [-0.15, -0.1) is 0 Å². The molecule has 0 saturated heterocycles. The zero-order valence-corrected chi connectivity index (χ0v) is 13.0. The van der Waals surface area contributed by atoms with Crippen molar-refractivity contribution in [2.75, 3.05) is 11.9 Å². The van der Waals surface area contributed by atoms with E-state index in [0.717, 1.165) is 12.1 Å². The third-order valence-electron chi connectivity index (χ3n) is 3.46. The van der Waals surface area contributed by atoms with E-state index in [0.29, 0.717) is 5.56 Å². The highest BCUT2D eigenvalue weighted by Crippen LogP contribution is 2.30. The van der Waals surface area contributed by atoms with Crippen LogP contribution in [0.15, 0.2) is 29.1 Å². The molecule has 0 bridgehead atoms. The number of H-pyrrole nitrogens is 1. The van der Waals surface area contributed by atoms with Crippen molar-refractivity contribution in [3.8, 4) is 6.01 Å². The van der Waals surface area contributed by atoms with Crippen LogP contribution in [0.2, 0.25) is 0 Å². The number of rotatable bonds is 5. The molecule has 1 atom stereocenters. The standard InChI is InChI=1S/C15H15F3N4O3/c1-7(8-2-4-9(5-3-8)15(16,17)18)20-12-11(10(19)6-23)13(24)22-14(25)21-12/h2-5,7,19,23H,6H2,1H3,(H3,20,21,22,24,25). The van der Waals surface area contributed by atoms with Crippen molar-refractivity contribution < 1.29 is 23.4 Å². The molecule has 1 aromatic heterocycles. The Morgan fingerprint density at radius 2 is 1.96 bits per heavy atom. The van der Waals surface area contributed by atoms with Gasteiger partial charge in [-0.25, -0.2) is 0 Å². The fourth-order valence-corrected chi connectivity index (χ4v) is 2.17. The number of benzene rings is 1. The van der Waals surface area contributed by atoms with Crippen molar-refractivity contribution in [3.05, 3.63) is 51.3 Å². The number of aromatic amines is 1. The molecule has 0 fully saturated rings. The highest BCUT2D eigenvalue weighted by molar-refractivity contribution is 6.02. The number of aromatic hydroxyl groups is 1. The number of anilines is 1. The summed E-state index contributed by atoms with van der Waals surface area (Å²) in [6.45, 7) is 0.883. The normalized spacial score (nSPS) is 12.7. The second-order valence-electron chi connectivity index (χ2n) is 5.24. The van der Waals surface area contributed by atoms with E-state index in [1.54, 1.807) is 6.92 Å². The van der Waals surface area contributed by atoms with Crippen LogP contribution in [0.25, 0.3) is 0 Å². The first-order valence-corrected chi connectivity index (χ1v) is 7.09. The lowest BCUT2D eigenvalue weighted by Gasteiger charge is -2.18. The largest absolute Gasteiger partial charge is 0.480 e. The molecule has 10 heteroatoms. The minimum absolute atomic E-state index is 0.160. The number of halogens is 3. The van der Waals surface area contributed by atoms with Crippen LogP contribution in [0.1, 0.15) is 29.7 Å². The lowest BCUT2D eigenvalue weighted by atomic mass is 10.1. The Kier molecular flexibility index (Phi) is 5.12. The van der Waals surface area contributed by atoms with E-state index in [1.165, 1.54) is 12.1 Å². The summed E-state index contributed by atoms with van der Waals surface area (Å²) < 4.78 is 37.8. The summed E-state index contributed by atoms with van der Waals surface area (Å²) in [6, 6.07) is 3.11. The van der Waals surface area contributed by atoms with E-state index in [-0.39, 0.29) is 11.4 Å². The molecular formula is C15H15F3N4O3. The monoisotopic (exact) mass is 356 g/mol. The Hall–Kier alpha value is -2.88. The van der Waals surface area contributed by atoms with Crippen LogP contribution in [0, 0.1) is 5.41 Å². The van der Waals surface area contributed by atoms with Gasteiger partial charge in [0.05, 0.1) is 17.9 Å². The van der Waals surface area contributed by atoms with E-state index >= 15 is 0 Å². The second-order valence-corrected chi connectivity index (χ2v) is 5.24. The summed E-state index contributed by atoms with van der Waals surface area (Å²) in [5.74, 6) is -0.160. The molecule has 7 nitrogen and oxygen atoms in total. The Balaban J connectivity index is 2.33. The summed E-state index contributed by atoms with van der Waals surface area (Å²) in [6.07, 6.45) is -4.45. The quantitative estimate of drug-likeness (QED) is 0.525. The number of nitrogens with zero attached hydrogens (tertiary/aromatic N) is 1. The number of alkyl halides is 3. The van der Waals surface area contributed by atoms with Crippen LogP contribution >= 0.6 is 0 Å². The summed E-state index contributed by atoms with van der Waals surface area (Å²) in [5, 5.41) is 28.9. The van der Waals surface area contributed by atoms with E-state index in [2.05, 4.69) is 10.3 Å². The summed E-state index contributed by atoms with van der Waals surface area (Å²) >= 11 is 0. The zero-order valence-electron chi connectivity index (χ0n) is 13.0. The maximum absolute atomic E-state index is 12.6. The average Bonchev–Trinajstić information content (AvgIpc) is 2.53. The van der Waals surface area contributed by atoms with Gasteiger partial charge in [0, 0.05) is 6.04 Å². The number of aliphatic hydroxyl groups excluding tert-OH is 1. The molecule has 5 N–H and O–H groups in total. The van der Waals surface area contributed by atoms with E-state index in [4.69, 9.17) is 10.5 Å². The van der Waals surface area contributed by atoms with Crippen molar-refractivity contribution in [3.63, 3.8) is 0 Å². The lowest BCUT2D eigenvalue weighted by Crippen LogP contribution is -2.24. The van der Waals surface area contributed by atoms with Crippen LogP contribution in [-0.2, 0) is 6.18 Å². The van der Waals surface area contributed by atoms with Crippen molar-refractivity contribution in [2.45, 2.75) is 19.1 Å². The maximum Gasteiger partial charge on any atom is 0.416 e. The molecule has 2 rings (SSSR count). The average molecular weight is 356 g/mol. The van der Waals surface area contributed by atoms with Crippen molar-refractivity contribution >= 4 is 11.5 Å². The van der Waals surface area contributed by atoms with Gasteiger partial charge in [-0.1, -0.05) is 12.1 Å². The SMILES string of the molecule is CC(Nc1nc(O)[nH]c(=O)c1C(=N)CO)c1ccc(C(F)(F)F)cc1. The number of hydrogen-bond acceptors (Lipinski definition) is 6.